The maximum atomic E-state index is 12.5. The van der Waals surface area contributed by atoms with Crippen molar-refractivity contribution in [3.8, 4) is 0 Å². The summed E-state index contributed by atoms with van der Waals surface area (Å²) in [6.07, 6.45) is 0. The highest BCUT2D eigenvalue weighted by Gasteiger charge is 2.22. The molecule has 1 saturated heterocycles. The summed E-state index contributed by atoms with van der Waals surface area (Å²) in [4.78, 5) is 16.7. The number of carbonyl (C=O) groups excluding carboxylic acids is 1. The van der Waals surface area contributed by atoms with Gasteiger partial charge in [-0.25, -0.2) is 4.79 Å². The van der Waals surface area contributed by atoms with E-state index in [9.17, 15) is 4.79 Å². The number of halogens is 2. The van der Waals surface area contributed by atoms with Gasteiger partial charge in [-0.05, 0) is 42.8 Å². The van der Waals surface area contributed by atoms with Crippen LogP contribution in [0.15, 0.2) is 53.0 Å². The van der Waals surface area contributed by atoms with Crippen LogP contribution in [0.5, 0.6) is 0 Å². The number of benzene rings is 2. The van der Waals surface area contributed by atoms with Crippen molar-refractivity contribution in [1.29, 1.82) is 0 Å². The van der Waals surface area contributed by atoms with Crippen LogP contribution < -0.4 is 10.2 Å². The molecule has 6 heteroatoms. The van der Waals surface area contributed by atoms with Gasteiger partial charge in [-0.2, -0.15) is 0 Å². The average molecular weight is 423 g/mol. The van der Waals surface area contributed by atoms with Gasteiger partial charge in [0.15, 0.2) is 0 Å². The number of hydrogen-bond acceptors (Lipinski definition) is 2. The zero-order valence-corrected chi connectivity index (χ0v) is 16.4. The Labute approximate surface area is 161 Å². The van der Waals surface area contributed by atoms with Crippen LogP contribution in [0.1, 0.15) is 18.5 Å². The Morgan fingerprint density at radius 2 is 1.84 bits per heavy atom. The van der Waals surface area contributed by atoms with E-state index in [2.05, 4.69) is 32.2 Å². The van der Waals surface area contributed by atoms with Crippen LogP contribution in [0, 0.1) is 0 Å². The van der Waals surface area contributed by atoms with Crippen LogP contribution in [-0.4, -0.2) is 37.1 Å². The molecule has 1 N–H and O–H groups in total. The van der Waals surface area contributed by atoms with Gasteiger partial charge >= 0.3 is 6.03 Å². The van der Waals surface area contributed by atoms with Crippen LogP contribution in [0.3, 0.4) is 0 Å². The molecule has 1 atom stereocenters. The molecule has 2 aromatic rings. The SMILES string of the molecule is C[C@@H](NC(=O)N1CCN(c2cccc(Cl)c2)CC1)c1cccc(Br)c1. The number of amides is 2. The average Bonchev–Trinajstić information content (AvgIpc) is 2.62. The molecule has 0 spiro atoms. The second-order valence-corrected chi connectivity index (χ2v) is 7.53. The lowest BCUT2D eigenvalue weighted by atomic mass is 10.1. The first-order chi connectivity index (χ1) is 12.0. The molecule has 1 aliphatic heterocycles. The van der Waals surface area contributed by atoms with Crippen molar-refractivity contribution in [2.24, 2.45) is 0 Å². The van der Waals surface area contributed by atoms with Crippen molar-refractivity contribution in [3.63, 3.8) is 0 Å². The van der Waals surface area contributed by atoms with Gasteiger partial charge in [0.25, 0.3) is 0 Å². The standard InChI is InChI=1S/C19H21BrClN3O/c1-14(15-4-2-5-16(20)12-15)22-19(25)24-10-8-23(9-11-24)18-7-3-6-17(21)13-18/h2-7,12-14H,8-11H2,1H3,(H,22,25)/t14-/m1/s1. The Morgan fingerprint density at radius 1 is 1.12 bits per heavy atom. The number of nitrogens with zero attached hydrogens (tertiary/aromatic N) is 2. The molecule has 25 heavy (non-hydrogen) atoms. The molecule has 0 aromatic heterocycles. The van der Waals surface area contributed by atoms with Gasteiger partial charge in [-0.1, -0.05) is 45.7 Å². The van der Waals surface area contributed by atoms with Gasteiger partial charge in [-0.3, -0.25) is 0 Å². The summed E-state index contributed by atoms with van der Waals surface area (Å²) in [5.41, 5.74) is 2.19. The normalized spacial score (nSPS) is 15.8. The first-order valence-electron chi connectivity index (χ1n) is 8.34. The van der Waals surface area contributed by atoms with E-state index in [0.29, 0.717) is 13.1 Å². The topological polar surface area (TPSA) is 35.6 Å². The highest BCUT2D eigenvalue weighted by Crippen LogP contribution is 2.21. The number of piperazine rings is 1. The molecule has 2 aromatic carbocycles. The van der Waals surface area contributed by atoms with Gasteiger partial charge < -0.3 is 15.1 Å². The third-order valence-electron chi connectivity index (χ3n) is 4.43. The number of rotatable bonds is 3. The second kappa shape index (κ2) is 8.11. The quantitative estimate of drug-likeness (QED) is 0.778. The zero-order chi connectivity index (χ0) is 17.8. The summed E-state index contributed by atoms with van der Waals surface area (Å²) in [5.74, 6) is 0. The number of anilines is 1. The smallest absolute Gasteiger partial charge is 0.317 e. The van der Waals surface area contributed by atoms with Gasteiger partial charge in [-0.15, -0.1) is 0 Å². The summed E-state index contributed by atoms with van der Waals surface area (Å²) in [7, 11) is 0. The van der Waals surface area contributed by atoms with Crippen molar-refractivity contribution in [2.75, 3.05) is 31.1 Å². The van der Waals surface area contributed by atoms with E-state index in [1.807, 2.05) is 54.3 Å². The molecule has 0 unspecified atom stereocenters. The molecule has 4 nitrogen and oxygen atoms in total. The van der Waals surface area contributed by atoms with E-state index in [1.165, 1.54) is 0 Å². The number of urea groups is 1. The van der Waals surface area contributed by atoms with E-state index < -0.39 is 0 Å². The lowest BCUT2D eigenvalue weighted by Gasteiger charge is -2.36. The summed E-state index contributed by atoms with van der Waals surface area (Å²) < 4.78 is 1.02. The van der Waals surface area contributed by atoms with Crippen molar-refractivity contribution in [2.45, 2.75) is 13.0 Å². The van der Waals surface area contributed by atoms with Crippen LogP contribution in [0.4, 0.5) is 10.5 Å². The van der Waals surface area contributed by atoms with Crippen molar-refractivity contribution < 1.29 is 4.79 Å². The first-order valence-corrected chi connectivity index (χ1v) is 9.51. The van der Waals surface area contributed by atoms with E-state index in [-0.39, 0.29) is 12.1 Å². The molecule has 3 rings (SSSR count). The van der Waals surface area contributed by atoms with Gasteiger partial charge in [0, 0.05) is 41.4 Å². The monoisotopic (exact) mass is 421 g/mol. The summed E-state index contributed by atoms with van der Waals surface area (Å²) >= 11 is 9.53. The minimum absolute atomic E-state index is 0.0155. The Morgan fingerprint density at radius 3 is 2.52 bits per heavy atom. The van der Waals surface area contributed by atoms with Gasteiger partial charge in [0.1, 0.15) is 0 Å². The molecular formula is C19H21BrClN3O. The predicted octanol–water partition coefficient (Wildman–Crippen LogP) is 4.70. The predicted molar refractivity (Wildman–Crippen MR) is 106 cm³/mol. The molecule has 1 fully saturated rings. The molecule has 1 heterocycles. The van der Waals surface area contributed by atoms with Crippen molar-refractivity contribution >= 4 is 39.2 Å². The lowest BCUT2D eigenvalue weighted by Crippen LogP contribution is -2.52. The maximum Gasteiger partial charge on any atom is 0.317 e. The zero-order valence-electron chi connectivity index (χ0n) is 14.1. The molecule has 0 saturated carbocycles. The van der Waals surface area contributed by atoms with Crippen molar-refractivity contribution in [1.82, 2.24) is 10.2 Å². The molecule has 0 radical (unpaired) electrons. The highest BCUT2D eigenvalue weighted by molar-refractivity contribution is 9.10. The van der Waals surface area contributed by atoms with Crippen LogP contribution in [0.25, 0.3) is 0 Å². The minimum Gasteiger partial charge on any atom is -0.368 e. The summed E-state index contributed by atoms with van der Waals surface area (Å²) in [5, 5.41) is 3.82. The molecule has 2 amide bonds. The van der Waals surface area contributed by atoms with Crippen LogP contribution >= 0.6 is 27.5 Å². The second-order valence-electron chi connectivity index (χ2n) is 6.18. The Kier molecular flexibility index (Phi) is 5.86. The Hall–Kier alpha value is -1.72. The van der Waals surface area contributed by atoms with E-state index >= 15 is 0 Å². The number of hydrogen-bond donors (Lipinski definition) is 1. The number of nitrogens with one attached hydrogen (secondary N) is 1. The van der Waals surface area contributed by atoms with Crippen LogP contribution in [0.2, 0.25) is 5.02 Å². The highest BCUT2D eigenvalue weighted by atomic mass is 79.9. The fraction of sp³-hybridized carbons (Fsp3) is 0.316. The van der Waals surface area contributed by atoms with E-state index in [4.69, 9.17) is 11.6 Å². The molecule has 0 bridgehead atoms. The molecule has 132 valence electrons. The molecule has 1 aliphatic rings. The summed E-state index contributed by atoms with van der Waals surface area (Å²) in [6, 6.07) is 15.8. The largest absolute Gasteiger partial charge is 0.368 e. The maximum absolute atomic E-state index is 12.5. The van der Waals surface area contributed by atoms with E-state index in [1.54, 1.807) is 0 Å². The number of carbonyl (C=O) groups is 1. The van der Waals surface area contributed by atoms with Crippen molar-refractivity contribution in [3.05, 3.63) is 63.6 Å². The molecular weight excluding hydrogens is 402 g/mol. The lowest BCUT2D eigenvalue weighted by molar-refractivity contribution is 0.191. The summed E-state index contributed by atoms with van der Waals surface area (Å²) in [6.45, 7) is 5.01. The third kappa shape index (κ3) is 4.67. The van der Waals surface area contributed by atoms with Crippen LogP contribution in [-0.2, 0) is 0 Å². The first kappa shape index (κ1) is 18.1. The fourth-order valence-corrected chi connectivity index (χ4v) is 3.58. The minimum atomic E-state index is -0.0315. The Balaban J connectivity index is 1.54. The van der Waals surface area contributed by atoms with Gasteiger partial charge in [0.05, 0.1) is 6.04 Å². The molecule has 0 aliphatic carbocycles. The Bertz CT molecular complexity index is 747. The van der Waals surface area contributed by atoms with E-state index in [0.717, 1.165) is 33.8 Å². The van der Waals surface area contributed by atoms with Gasteiger partial charge in [0.2, 0.25) is 0 Å². The fourth-order valence-electron chi connectivity index (χ4n) is 2.98. The third-order valence-corrected chi connectivity index (χ3v) is 5.16.